The number of fused-ring (bicyclic) bond motifs is 1. The lowest BCUT2D eigenvalue weighted by Crippen LogP contribution is -2.51. The molecule has 18 heavy (non-hydrogen) atoms. The zero-order valence-corrected chi connectivity index (χ0v) is 11.9. The summed E-state index contributed by atoms with van der Waals surface area (Å²) in [5.74, 6) is 0. The van der Waals surface area contributed by atoms with E-state index in [1.54, 1.807) is 0 Å². The summed E-state index contributed by atoms with van der Waals surface area (Å²) in [6, 6.07) is 0. The quantitative estimate of drug-likeness (QED) is 0.794. The second kappa shape index (κ2) is 6.36. The maximum atomic E-state index is 9.78. The predicted molar refractivity (Wildman–Crippen MR) is 71.6 cm³/mol. The second-order valence-corrected chi connectivity index (χ2v) is 5.92. The Morgan fingerprint density at radius 2 is 1.94 bits per heavy atom. The highest BCUT2D eigenvalue weighted by Gasteiger charge is 2.52. The van der Waals surface area contributed by atoms with Gasteiger partial charge in [-0.2, -0.15) is 0 Å². The molecule has 0 aliphatic carbocycles. The molecule has 4 atom stereocenters. The highest BCUT2D eigenvalue weighted by atomic mass is 16.6. The van der Waals surface area contributed by atoms with Crippen LogP contribution in [0.4, 0.5) is 0 Å². The Morgan fingerprint density at radius 1 is 1.11 bits per heavy atom. The molecule has 1 N–H and O–H groups in total. The Balaban J connectivity index is 1.96. The van der Waals surface area contributed by atoms with E-state index in [9.17, 15) is 5.11 Å². The molecule has 0 aromatic rings. The van der Waals surface area contributed by atoms with Gasteiger partial charge in [0.05, 0.1) is 24.9 Å². The summed E-state index contributed by atoms with van der Waals surface area (Å²) in [5.41, 5.74) is -0.392. The van der Waals surface area contributed by atoms with Crippen LogP contribution in [0.2, 0.25) is 0 Å². The lowest BCUT2D eigenvalue weighted by molar-refractivity contribution is -0.183. The highest BCUT2D eigenvalue weighted by molar-refractivity contribution is 5.01. The molecule has 2 aliphatic heterocycles. The summed E-state index contributed by atoms with van der Waals surface area (Å²) in [6.45, 7) is 4.51. The summed E-state index contributed by atoms with van der Waals surface area (Å²) in [4.78, 5) is 0. The Labute approximate surface area is 111 Å². The van der Waals surface area contributed by atoms with Crippen LogP contribution in [-0.4, -0.2) is 35.6 Å². The molecule has 106 valence electrons. The first kappa shape index (κ1) is 14.3. The molecule has 0 aromatic heterocycles. The molecular weight excluding hydrogens is 228 g/mol. The number of rotatable bonds is 6. The molecule has 0 saturated carbocycles. The first-order chi connectivity index (χ1) is 8.74. The van der Waals surface area contributed by atoms with Crippen LogP contribution in [0.5, 0.6) is 0 Å². The van der Waals surface area contributed by atoms with Gasteiger partial charge in [-0.15, -0.1) is 0 Å². The second-order valence-electron chi connectivity index (χ2n) is 5.92. The summed E-state index contributed by atoms with van der Waals surface area (Å²) in [5, 5.41) is 9.78. The van der Waals surface area contributed by atoms with E-state index in [0.717, 1.165) is 38.5 Å². The van der Waals surface area contributed by atoms with Gasteiger partial charge in [0.1, 0.15) is 5.60 Å². The standard InChI is InChI=1S/C15H28O3/c1-3-5-7-13-10-15(11-16)14(17-13)9-8-12(18-15)6-4-2/h12-14,16H,3-11H2,1-2H3/t12-,13-,14-,15+/m0/s1. The van der Waals surface area contributed by atoms with Crippen LogP contribution >= 0.6 is 0 Å². The summed E-state index contributed by atoms with van der Waals surface area (Å²) in [7, 11) is 0. The fraction of sp³-hybridized carbons (Fsp3) is 1.00. The van der Waals surface area contributed by atoms with Gasteiger partial charge in [-0.1, -0.05) is 33.1 Å². The summed E-state index contributed by atoms with van der Waals surface area (Å²) >= 11 is 0. The Kier molecular flexibility index (Phi) is 5.05. The van der Waals surface area contributed by atoms with Crippen molar-refractivity contribution in [3.05, 3.63) is 0 Å². The minimum Gasteiger partial charge on any atom is -0.393 e. The van der Waals surface area contributed by atoms with Crippen molar-refractivity contribution >= 4 is 0 Å². The van der Waals surface area contributed by atoms with Crippen molar-refractivity contribution in [2.45, 2.75) is 89.1 Å². The SMILES string of the molecule is CCCC[C@H]1C[C@]2(CO)O[C@@H](CCC)CC[C@@H]2O1. The average Bonchev–Trinajstić information content (AvgIpc) is 2.75. The number of hydrogen-bond acceptors (Lipinski definition) is 3. The van der Waals surface area contributed by atoms with Gasteiger partial charge in [0.25, 0.3) is 0 Å². The van der Waals surface area contributed by atoms with E-state index in [2.05, 4.69) is 13.8 Å². The molecule has 0 spiro atoms. The van der Waals surface area contributed by atoms with Gasteiger partial charge in [-0.05, 0) is 25.7 Å². The van der Waals surface area contributed by atoms with Crippen LogP contribution in [0.1, 0.15) is 65.2 Å². The van der Waals surface area contributed by atoms with E-state index in [1.807, 2.05) is 0 Å². The average molecular weight is 256 g/mol. The third-order valence-corrected chi connectivity index (χ3v) is 4.43. The zero-order chi connectivity index (χ0) is 13.0. The van der Waals surface area contributed by atoms with Crippen molar-refractivity contribution in [3.63, 3.8) is 0 Å². The van der Waals surface area contributed by atoms with Gasteiger partial charge in [0.2, 0.25) is 0 Å². The van der Waals surface area contributed by atoms with Crippen LogP contribution in [-0.2, 0) is 9.47 Å². The number of aliphatic hydroxyl groups is 1. The largest absolute Gasteiger partial charge is 0.393 e. The fourth-order valence-corrected chi connectivity index (χ4v) is 3.44. The van der Waals surface area contributed by atoms with Gasteiger partial charge in [0, 0.05) is 6.42 Å². The molecule has 0 amide bonds. The maximum absolute atomic E-state index is 9.78. The van der Waals surface area contributed by atoms with Crippen molar-refractivity contribution in [2.75, 3.05) is 6.61 Å². The molecule has 2 saturated heterocycles. The normalized spacial score (nSPS) is 39.8. The van der Waals surface area contributed by atoms with Gasteiger partial charge in [-0.3, -0.25) is 0 Å². The first-order valence-electron chi connectivity index (χ1n) is 7.68. The van der Waals surface area contributed by atoms with Crippen LogP contribution < -0.4 is 0 Å². The van der Waals surface area contributed by atoms with Crippen LogP contribution in [0.25, 0.3) is 0 Å². The molecule has 2 heterocycles. The van der Waals surface area contributed by atoms with Crippen LogP contribution in [0, 0.1) is 0 Å². The first-order valence-corrected chi connectivity index (χ1v) is 7.68. The number of aliphatic hydroxyl groups excluding tert-OH is 1. The van der Waals surface area contributed by atoms with Gasteiger partial charge in [0.15, 0.2) is 0 Å². The molecule has 0 bridgehead atoms. The van der Waals surface area contributed by atoms with Crippen molar-refractivity contribution in [3.8, 4) is 0 Å². The lowest BCUT2D eigenvalue weighted by atomic mass is 9.86. The monoisotopic (exact) mass is 256 g/mol. The molecule has 3 nitrogen and oxygen atoms in total. The predicted octanol–water partition coefficient (Wildman–Crippen LogP) is 3.04. The van der Waals surface area contributed by atoms with E-state index in [1.165, 1.54) is 12.8 Å². The van der Waals surface area contributed by atoms with E-state index in [0.29, 0.717) is 12.2 Å². The molecule has 2 fully saturated rings. The number of ether oxygens (including phenoxy) is 2. The molecule has 0 aromatic carbocycles. The molecule has 2 rings (SSSR count). The molecular formula is C15H28O3. The van der Waals surface area contributed by atoms with Crippen molar-refractivity contribution in [1.82, 2.24) is 0 Å². The van der Waals surface area contributed by atoms with Gasteiger partial charge < -0.3 is 14.6 Å². The van der Waals surface area contributed by atoms with Gasteiger partial charge >= 0.3 is 0 Å². The van der Waals surface area contributed by atoms with Crippen molar-refractivity contribution in [2.24, 2.45) is 0 Å². The number of unbranched alkanes of at least 4 members (excludes halogenated alkanes) is 1. The summed E-state index contributed by atoms with van der Waals surface area (Å²) < 4.78 is 12.3. The van der Waals surface area contributed by atoms with Crippen LogP contribution in [0.15, 0.2) is 0 Å². The third kappa shape index (κ3) is 2.89. The maximum Gasteiger partial charge on any atom is 0.120 e. The Bertz CT molecular complexity index is 256. The molecule has 2 aliphatic rings. The molecule has 0 radical (unpaired) electrons. The van der Waals surface area contributed by atoms with Crippen molar-refractivity contribution in [1.29, 1.82) is 0 Å². The highest BCUT2D eigenvalue weighted by Crippen LogP contribution is 2.43. The van der Waals surface area contributed by atoms with E-state index in [-0.39, 0.29) is 12.7 Å². The smallest absolute Gasteiger partial charge is 0.120 e. The topological polar surface area (TPSA) is 38.7 Å². The zero-order valence-electron chi connectivity index (χ0n) is 11.9. The minimum atomic E-state index is -0.392. The lowest BCUT2D eigenvalue weighted by Gasteiger charge is -2.40. The number of hydrogen-bond donors (Lipinski definition) is 1. The van der Waals surface area contributed by atoms with E-state index < -0.39 is 5.60 Å². The third-order valence-electron chi connectivity index (χ3n) is 4.43. The van der Waals surface area contributed by atoms with Gasteiger partial charge in [-0.25, -0.2) is 0 Å². The molecule has 3 heteroatoms. The Morgan fingerprint density at radius 3 is 2.61 bits per heavy atom. The van der Waals surface area contributed by atoms with E-state index in [4.69, 9.17) is 9.47 Å². The minimum absolute atomic E-state index is 0.112. The van der Waals surface area contributed by atoms with Crippen LogP contribution in [0.3, 0.4) is 0 Å². The summed E-state index contributed by atoms with van der Waals surface area (Å²) in [6.07, 6.45) is 9.53. The molecule has 0 unspecified atom stereocenters. The fourth-order valence-electron chi connectivity index (χ4n) is 3.44. The Hall–Kier alpha value is -0.120. The van der Waals surface area contributed by atoms with Crippen molar-refractivity contribution < 1.29 is 14.6 Å². The van der Waals surface area contributed by atoms with E-state index >= 15 is 0 Å².